The van der Waals surface area contributed by atoms with E-state index in [0.717, 1.165) is 12.1 Å². The molecule has 192 valence electrons. The van der Waals surface area contributed by atoms with Crippen LogP contribution in [0.25, 0.3) is 11.6 Å². The summed E-state index contributed by atoms with van der Waals surface area (Å²) in [5, 5.41) is 25.6. The summed E-state index contributed by atoms with van der Waals surface area (Å²) in [5.74, 6) is 0.153. The molecule has 4 rings (SSSR count). The lowest BCUT2D eigenvalue weighted by molar-refractivity contribution is -0.142. The largest absolute Gasteiger partial charge is 0.456 e. The molecule has 0 saturated carbocycles. The average molecular weight is 530 g/mol. The number of hydrogen-bond acceptors (Lipinski definition) is 9. The van der Waals surface area contributed by atoms with Gasteiger partial charge in [-0.3, -0.25) is 4.79 Å². The van der Waals surface area contributed by atoms with Crippen molar-refractivity contribution in [3.63, 3.8) is 0 Å². The van der Waals surface area contributed by atoms with Gasteiger partial charge in [-0.05, 0) is 42.7 Å². The minimum atomic E-state index is -9.79. The number of halogens is 5. The summed E-state index contributed by atoms with van der Waals surface area (Å²) in [6.07, 6.45) is 0.484. The molecule has 0 N–H and O–H groups in total. The molecule has 0 bridgehead atoms. The molecule has 1 saturated heterocycles. The van der Waals surface area contributed by atoms with Crippen LogP contribution >= 0.6 is 10.2 Å². The van der Waals surface area contributed by atoms with E-state index >= 15 is 0 Å². The van der Waals surface area contributed by atoms with Crippen LogP contribution in [0.15, 0.2) is 45.7 Å². The number of ether oxygens (including phenoxy) is 1. The Morgan fingerprint density at radius 3 is 2.25 bits per heavy atom. The van der Waals surface area contributed by atoms with Gasteiger partial charge in [-0.15, -0.1) is 20.4 Å². The zero-order chi connectivity index (χ0) is 26.3. The maximum Gasteiger partial charge on any atom is 0.310 e. The SMILES string of the molecule is CC(=O)OCc1nnc(-c2ccc(N3CCC(C#N)(c4ccc(S(F)(F)(F)(F)F)cc4)CC3)nn2)o1. The van der Waals surface area contributed by atoms with Gasteiger partial charge in [-0.2, -0.15) is 5.26 Å². The van der Waals surface area contributed by atoms with Gasteiger partial charge in [0.15, 0.2) is 12.4 Å². The molecular weight excluding hydrogens is 511 g/mol. The van der Waals surface area contributed by atoms with E-state index in [1.165, 1.54) is 6.92 Å². The summed E-state index contributed by atoms with van der Waals surface area (Å²) in [6.45, 7) is 1.73. The molecule has 0 radical (unpaired) electrons. The van der Waals surface area contributed by atoms with E-state index in [2.05, 4.69) is 26.5 Å². The number of anilines is 1. The van der Waals surface area contributed by atoms with Crippen LogP contribution < -0.4 is 4.90 Å². The van der Waals surface area contributed by atoms with Gasteiger partial charge >= 0.3 is 16.2 Å². The highest BCUT2D eigenvalue weighted by Crippen LogP contribution is 3.02. The highest BCUT2D eigenvalue weighted by molar-refractivity contribution is 8.45. The molecule has 36 heavy (non-hydrogen) atoms. The highest BCUT2D eigenvalue weighted by atomic mass is 32.5. The Morgan fingerprint density at radius 2 is 1.72 bits per heavy atom. The van der Waals surface area contributed by atoms with Crippen molar-refractivity contribution in [2.75, 3.05) is 18.0 Å². The molecule has 1 aliphatic heterocycles. The maximum absolute atomic E-state index is 13.0. The number of aromatic nitrogens is 4. The fraction of sp³-hybridized carbons (Fsp3) is 0.333. The molecule has 0 atom stereocenters. The molecule has 1 aromatic carbocycles. The second-order valence-electron chi connectivity index (χ2n) is 8.23. The summed E-state index contributed by atoms with van der Waals surface area (Å²) in [6, 6.07) is 7.96. The van der Waals surface area contributed by atoms with Crippen LogP contribution in [0, 0.1) is 11.3 Å². The Bertz CT molecular complexity index is 1320. The lowest BCUT2D eigenvalue weighted by atomic mass is 9.74. The van der Waals surface area contributed by atoms with Crippen LogP contribution in [0.5, 0.6) is 0 Å². The van der Waals surface area contributed by atoms with Crippen LogP contribution in [0.4, 0.5) is 25.2 Å². The first-order valence-corrected chi connectivity index (χ1v) is 12.4. The van der Waals surface area contributed by atoms with E-state index in [1.54, 1.807) is 12.1 Å². The molecule has 0 unspecified atom stereocenters. The number of benzene rings is 1. The Kier molecular flexibility index (Phi) is 5.71. The summed E-state index contributed by atoms with van der Waals surface area (Å²) in [4.78, 5) is 10.7. The third-order valence-corrected chi connectivity index (χ3v) is 6.91. The van der Waals surface area contributed by atoms with Crippen LogP contribution in [-0.4, -0.2) is 39.5 Å². The van der Waals surface area contributed by atoms with Crippen LogP contribution in [0.3, 0.4) is 0 Å². The number of nitrogens with zero attached hydrogens (tertiary/aromatic N) is 6. The number of nitriles is 1. The number of piperidine rings is 1. The molecule has 15 heteroatoms. The third kappa shape index (κ3) is 5.38. The van der Waals surface area contributed by atoms with E-state index in [1.807, 2.05) is 4.90 Å². The van der Waals surface area contributed by atoms with Crippen molar-refractivity contribution in [3.05, 3.63) is 47.9 Å². The fourth-order valence-corrected chi connectivity index (χ4v) is 4.45. The number of carbonyl (C=O) groups is 1. The molecule has 9 nitrogen and oxygen atoms in total. The van der Waals surface area contributed by atoms with Crippen molar-refractivity contribution in [1.29, 1.82) is 5.26 Å². The van der Waals surface area contributed by atoms with Crippen molar-refractivity contribution in [2.24, 2.45) is 0 Å². The van der Waals surface area contributed by atoms with Gasteiger partial charge in [0.25, 0.3) is 11.8 Å². The summed E-state index contributed by atoms with van der Waals surface area (Å²) >= 11 is 0. The normalized spacial score (nSPS) is 17.5. The minimum Gasteiger partial charge on any atom is -0.456 e. The van der Waals surface area contributed by atoms with Crippen LogP contribution in [0.1, 0.15) is 31.2 Å². The maximum atomic E-state index is 13.0. The van der Waals surface area contributed by atoms with Gasteiger partial charge in [0.1, 0.15) is 10.6 Å². The van der Waals surface area contributed by atoms with E-state index in [0.29, 0.717) is 31.0 Å². The molecule has 0 spiro atoms. The van der Waals surface area contributed by atoms with Crippen LogP contribution in [0.2, 0.25) is 0 Å². The molecule has 0 amide bonds. The number of hydrogen-bond donors (Lipinski definition) is 0. The van der Waals surface area contributed by atoms with Crippen LogP contribution in [-0.2, 0) is 21.6 Å². The molecule has 3 aromatic rings. The first-order valence-electron chi connectivity index (χ1n) is 10.5. The Hall–Kier alpha value is -3.80. The molecule has 2 aromatic heterocycles. The van der Waals surface area contributed by atoms with Gasteiger partial charge < -0.3 is 14.1 Å². The predicted molar refractivity (Wildman–Crippen MR) is 117 cm³/mol. The molecule has 3 heterocycles. The molecule has 0 aliphatic carbocycles. The summed E-state index contributed by atoms with van der Waals surface area (Å²) in [5.41, 5.74) is -0.590. The molecule has 1 aliphatic rings. The highest BCUT2D eigenvalue weighted by Gasteiger charge is 2.65. The zero-order valence-corrected chi connectivity index (χ0v) is 19.5. The fourth-order valence-electron chi connectivity index (χ4n) is 3.80. The van der Waals surface area contributed by atoms with E-state index in [4.69, 9.17) is 9.15 Å². The van der Waals surface area contributed by atoms with Crippen molar-refractivity contribution in [3.8, 4) is 17.7 Å². The first kappa shape index (κ1) is 25.3. The Balaban J connectivity index is 1.44. The number of esters is 1. The lowest BCUT2D eigenvalue weighted by Crippen LogP contribution is -2.42. The van der Waals surface area contributed by atoms with Gasteiger partial charge in [-0.25, -0.2) is 0 Å². The van der Waals surface area contributed by atoms with Crippen molar-refractivity contribution < 1.29 is 33.4 Å². The quantitative estimate of drug-likeness (QED) is 0.309. The lowest BCUT2D eigenvalue weighted by Gasteiger charge is -2.41. The van der Waals surface area contributed by atoms with Crippen molar-refractivity contribution in [1.82, 2.24) is 20.4 Å². The van der Waals surface area contributed by atoms with Gasteiger partial charge in [0.2, 0.25) is 0 Å². The molecular formula is C21H19F5N6O3S. The van der Waals surface area contributed by atoms with Crippen molar-refractivity contribution in [2.45, 2.75) is 36.7 Å². The topological polar surface area (TPSA) is 118 Å². The predicted octanol–water partition coefficient (Wildman–Crippen LogP) is 5.31. The van der Waals surface area contributed by atoms with Gasteiger partial charge in [0, 0.05) is 20.0 Å². The van der Waals surface area contributed by atoms with Gasteiger partial charge in [-0.1, -0.05) is 31.6 Å². The van der Waals surface area contributed by atoms with E-state index in [-0.39, 0.29) is 42.5 Å². The standard InChI is InChI=1S/C21H19F5N6O3S/c1-14(33)34-12-19-30-31-20(35-19)17-6-7-18(29-28-17)32-10-8-21(13-27,9-11-32)15-2-4-16(5-3-15)36(22,23,24,25)26/h2-7H,8-12H2,1H3. The first-order chi connectivity index (χ1) is 16.7. The van der Waals surface area contributed by atoms with Gasteiger partial charge in [0.05, 0.1) is 11.5 Å². The number of rotatable bonds is 6. The molecule has 1 fully saturated rings. The second kappa shape index (κ2) is 8.12. The second-order valence-corrected chi connectivity index (χ2v) is 10.6. The van der Waals surface area contributed by atoms with E-state index < -0.39 is 26.5 Å². The van der Waals surface area contributed by atoms with E-state index in [9.17, 15) is 29.5 Å². The monoisotopic (exact) mass is 530 g/mol. The Morgan fingerprint density at radius 1 is 1.06 bits per heavy atom. The summed E-state index contributed by atoms with van der Waals surface area (Å²) in [7, 11) is -9.79. The third-order valence-electron chi connectivity index (χ3n) is 5.74. The smallest absolute Gasteiger partial charge is 0.310 e. The Labute approximate surface area is 201 Å². The average Bonchev–Trinajstić information content (AvgIpc) is 3.31. The van der Waals surface area contributed by atoms with Crippen molar-refractivity contribution >= 4 is 22.0 Å². The summed E-state index contributed by atoms with van der Waals surface area (Å²) < 4.78 is 75.3. The zero-order valence-electron chi connectivity index (χ0n) is 18.7. The number of carbonyl (C=O) groups excluding carboxylic acids is 1. The minimum absolute atomic E-state index is 0.0772.